The van der Waals surface area contributed by atoms with Crippen LogP contribution in [0.25, 0.3) is 0 Å². The number of ether oxygens (including phenoxy) is 1. The van der Waals surface area contributed by atoms with E-state index in [9.17, 15) is 0 Å². The number of rotatable bonds is 7. The van der Waals surface area contributed by atoms with Crippen molar-refractivity contribution in [2.75, 3.05) is 0 Å². The predicted octanol–water partition coefficient (Wildman–Crippen LogP) is 9.17. The van der Waals surface area contributed by atoms with Crippen LogP contribution in [0, 0.1) is 57.7 Å². The Labute approximate surface area is 209 Å². The Balaban J connectivity index is 1.25. The number of hydrogen-bond acceptors (Lipinski definition) is 1. The summed E-state index contributed by atoms with van der Waals surface area (Å²) in [5, 5.41) is 0. The van der Waals surface area contributed by atoms with Gasteiger partial charge in [0.25, 0.3) is 0 Å². The maximum atomic E-state index is 6.96. The van der Waals surface area contributed by atoms with E-state index in [1.54, 1.807) is 0 Å². The fourth-order valence-corrected chi connectivity index (χ4v) is 11.1. The van der Waals surface area contributed by atoms with Crippen molar-refractivity contribution < 1.29 is 4.74 Å². The van der Waals surface area contributed by atoms with Crippen molar-refractivity contribution in [3.8, 4) is 5.75 Å². The number of para-hydroxylation sites is 1. The van der Waals surface area contributed by atoms with Crippen molar-refractivity contribution in [1.29, 1.82) is 0 Å². The average molecular weight is 463 g/mol. The van der Waals surface area contributed by atoms with E-state index in [4.69, 9.17) is 4.74 Å². The fraction of sp³-hybridized carbons (Fsp3) is 0.818. The molecular weight excluding hydrogens is 412 g/mol. The smallest absolute Gasteiger partial charge is 0.119 e. The Morgan fingerprint density at radius 3 is 2.44 bits per heavy atom. The van der Waals surface area contributed by atoms with Gasteiger partial charge >= 0.3 is 0 Å². The van der Waals surface area contributed by atoms with Gasteiger partial charge in [-0.3, -0.25) is 0 Å². The molecule has 0 saturated heterocycles. The highest BCUT2D eigenvalue weighted by Gasteiger charge is 2.78. The molecule has 0 unspecified atom stereocenters. The molecule has 6 rings (SSSR count). The van der Waals surface area contributed by atoms with Crippen LogP contribution >= 0.6 is 0 Å². The van der Waals surface area contributed by atoms with Crippen molar-refractivity contribution in [1.82, 2.24) is 0 Å². The summed E-state index contributed by atoms with van der Waals surface area (Å²) in [6.07, 6.45) is 16.4. The lowest BCUT2D eigenvalue weighted by Gasteiger charge is -2.61. The van der Waals surface area contributed by atoms with Gasteiger partial charge in [0.1, 0.15) is 11.9 Å². The molecule has 0 amide bonds. The maximum Gasteiger partial charge on any atom is 0.119 e. The Kier molecular flexibility index (Phi) is 5.70. The van der Waals surface area contributed by atoms with Crippen molar-refractivity contribution in [3.05, 3.63) is 30.3 Å². The summed E-state index contributed by atoms with van der Waals surface area (Å²) in [4.78, 5) is 0. The van der Waals surface area contributed by atoms with Crippen LogP contribution in [0.4, 0.5) is 0 Å². The first-order valence-electron chi connectivity index (χ1n) is 15.0. The molecule has 0 radical (unpaired) electrons. The highest BCUT2D eigenvalue weighted by atomic mass is 16.5. The minimum atomic E-state index is 0.443. The Morgan fingerprint density at radius 2 is 1.71 bits per heavy atom. The molecule has 5 aliphatic carbocycles. The molecule has 5 aliphatic rings. The fourth-order valence-electron chi connectivity index (χ4n) is 11.1. The van der Waals surface area contributed by atoms with Crippen LogP contribution in [0.1, 0.15) is 105 Å². The molecule has 5 fully saturated rings. The van der Waals surface area contributed by atoms with Gasteiger partial charge in [-0.25, -0.2) is 0 Å². The highest BCUT2D eigenvalue weighted by Crippen LogP contribution is 2.82. The van der Waals surface area contributed by atoms with E-state index in [2.05, 4.69) is 65.0 Å². The summed E-state index contributed by atoms with van der Waals surface area (Å²) in [5.41, 5.74) is 1.57. The number of benzene rings is 1. The van der Waals surface area contributed by atoms with Crippen LogP contribution in [-0.4, -0.2) is 6.10 Å². The van der Waals surface area contributed by atoms with E-state index in [0.29, 0.717) is 22.3 Å². The first kappa shape index (κ1) is 23.4. The second-order valence-corrected chi connectivity index (χ2v) is 14.5. The van der Waals surface area contributed by atoms with Gasteiger partial charge in [0.15, 0.2) is 0 Å². The third-order valence-electron chi connectivity index (χ3n) is 12.8. The lowest BCUT2D eigenvalue weighted by atomic mass is 9.45. The maximum absolute atomic E-state index is 6.96. The van der Waals surface area contributed by atoms with Gasteiger partial charge in [0.05, 0.1) is 0 Å². The predicted molar refractivity (Wildman–Crippen MR) is 142 cm³/mol. The van der Waals surface area contributed by atoms with Crippen molar-refractivity contribution >= 4 is 0 Å². The van der Waals surface area contributed by atoms with Crippen LogP contribution in [0.5, 0.6) is 5.75 Å². The monoisotopic (exact) mass is 462 g/mol. The van der Waals surface area contributed by atoms with Crippen molar-refractivity contribution in [2.45, 2.75) is 111 Å². The molecule has 0 aliphatic heterocycles. The second-order valence-electron chi connectivity index (χ2n) is 14.5. The number of fused-ring (bicyclic) bond motifs is 4. The summed E-state index contributed by atoms with van der Waals surface area (Å²) in [7, 11) is 0. The molecule has 1 heteroatoms. The lowest BCUT2D eigenvalue weighted by molar-refractivity contribution is -0.145. The molecule has 5 saturated carbocycles. The Hall–Kier alpha value is -0.980. The van der Waals surface area contributed by atoms with Gasteiger partial charge in [-0.1, -0.05) is 72.1 Å². The first-order valence-corrected chi connectivity index (χ1v) is 15.0. The quantitative estimate of drug-likeness (QED) is 0.392. The summed E-state index contributed by atoms with van der Waals surface area (Å²) >= 11 is 0. The zero-order valence-corrected chi connectivity index (χ0v) is 22.7. The van der Waals surface area contributed by atoms with E-state index < -0.39 is 0 Å². The topological polar surface area (TPSA) is 9.23 Å². The van der Waals surface area contributed by atoms with E-state index in [1.165, 1.54) is 70.6 Å². The standard InChI is InChI=1S/C33H50O/c1-22(2)10-9-11-23(3)27-14-15-28-26-20-30(34-25-12-7-6-8-13-25)33-21-24(33)16-19-32(33,5)29(26)17-18-31(27,28)4/h6-8,12-13,22-24,26-30H,9-11,14-21H2,1-5H3/t23-,24-,26+,27-,28+,29+,30-,31-,32-,33+/m1/s1. The molecule has 0 bridgehead atoms. The Bertz CT molecular complexity index is 876. The van der Waals surface area contributed by atoms with E-state index in [-0.39, 0.29) is 0 Å². The summed E-state index contributed by atoms with van der Waals surface area (Å²) < 4.78 is 6.96. The van der Waals surface area contributed by atoms with Crippen LogP contribution in [0.15, 0.2) is 30.3 Å². The average Bonchev–Trinajstić information content (AvgIpc) is 3.32. The minimum Gasteiger partial charge on any atom is -0.490 e. The second kappa shape index (κ2) is 8.27. The van der Waals surface area contributed by atoms with Gasteiger partial charge in [0.2, 0.25) is 0 Å². The Morgan fingerprint density at radius 1 is 0.912 bits per heavy atom. The minimum absolute atomic E-state index is 0.443. The number of hydrogen-bond donors (Lipinski definition) is 0. The SMILES string of the molecule is CC(C)CCC[C@@H](C)[C@H]1CC[C@H]2[C@@H]3C[C@@H](Oc4ccccc4)[C@]45C[C@H]4CC[C@]5(C)[C@H]3CC[C@]12C. The largest absolute Gasteiger partial charge is 0.490 e. The summed E-state index contributed by atoms with van der Waals surface area (Å²) in [5.74, 6) is 7.51. The van der Waals surface area contributed by atoms with Crippen LogP contribution < -0.4 is 4.74 Å². The molecule has 0 aromatic heterocycles. The molecule has 0 heterocycles. The molecule has 1 spiro atoms. The summed E-state index contributed by atoms with van der Waals surface area (Å²) in [6.45, 7) is 12.8. The molecule has 10 atom stereocenters. The molecule has 34 heavy (non-hydrogen) atoms. The van der Waals surface area contributed by atoms with Crippen molar-refractivity contribution in [2.24, 2.45) is 57.7 Å². The van der Waals surface area contributed by atoms with Crippen molar-refractivity contribution in [3.63, 3.8) is 0 Å². The zero-order chi connectivity index (χ0) is 23.7. The van der Waals surface area contributed by atoms with Gasteiger partial charge in [-0.2, -0.15) is 0 Å². The normalized spacial score (nSPS) is 47.5. The first-order chi connectivity index (χ1) is 16.3. The van der Waals surface area contributed by atoms with E-state index in [0.717, 1.165) is 47.2 Å². The molecule has 1 aromatic carbocycles. The highest BCUT2D eigenvalue weighted by molar-refractivity contribution is 5.29. The van der Waals surface area contributed by atoms with Crippen LogP contribution in [0.2, 0.25) is 0 Å². The summed E-state index contributed by atoms with van der Waals surface area (Å²) in [6, 6.07) is 10.8. The van der Waals surface area contributed by atoms with Gasteiger partial charge in [0, 0.05) is 5.41 Å². The lowest BCUT2D eigenvalue weighted by Crippen LogP contribution is -2.57. The molecule has 188 valence electrons. The van der Waals surface area contributed by atoms with Gasteiger partial charge < -0.3 is 4.74 Å². The molecular formula is C33H50O. The van der Waals surface area contributed by atoms with E-state index >= 15 is 0 Å². The molecule has 0 N–H and O–H groups in total. The third kappa shape index (κ3) is 3.30. The zero-order valence-electron chi connectivity index (χ0n) is 22.7. The molecule has 1 nitrogen and oxygen atoms in total. The van der Waals surface area contributed by atoms with E-state index in [1.807, 2.05) is 0 Å². The molecule has 1 aromatic rings. The van der Waals surface area contributed by atoms with Gasteiger partial charge in [-0.15, -0.1) is 0 Å². The van der Waals surface area contributed by atoms with Gasteiger partial charge in [-0.05, 0) is 116 Å². The third-order valence-corrected chi connectivity index (χ3v) is 12.8. The van der Waals surface area contributed by atoms with Crippen LogP contribution in [-0.2, 0) is 0 Å². The van der Waals surface area contributed by atoms with Crippen LogP contribution in [0.3, 0.4) is 0 Å².